The van der Waals surface area contributed by atoms with Crippen LogP contribution in [-0.4, -0.2) is 25.8 Å². The number of allylic oxidation sites excluding steroid dienone is 1. The molecule has 1 aromatic rings. The van der Waals surface area contributed by atoms with Crippen molar-refractivity contribution in [2.24, 2.45) is 5.41 Å². The highest BCUT2D eigenvalue weighted by Gasteiger charge is 2.59. The van der Waals surface area contributed by atoms with Gasteiger partial charge in [-0.3, -0.25) is 4.79 Å². The average Bonchev–Trinajstić information content (AvgIpc) is 3.17. The molecule has 1 aliphatic heterocycles. The van der Waals surface area contributed by atoms with E-state index in [9.17, 15) is 4.79 Å². The summed E-state index contributed by atoms with van der Waals surface area (Å²) in [5.41, 5.74) is 0.956. The number of rotatable bonds is 3. The maximum absolute atomic E-state index is 12.1. The molecule has 0 radical (unpaired) electrons. The van der Waals surface area contributed by atoms with E-state index in [-0.39, 0.29) is 11.2 Å². The van der Waals surface area contributed by atoms with E-state index in [4.69, 9.17) is 9.47 Å². The van der Waals surface area contributed by atoms with Crippen LogP contribution < -0.4 is 9.47 Å². The second kappa shape index (κ2) is 4.60. The third kappa shape index (κ3) is 2.04. The van der Waals surface area contributed by atoms with Crippen LogP contribution in [0.15, 0.2) is 29.7 Å². The molecule has 3 rings (SSSR count). The Balaban J connectivity index is 1.92. The molecule has 1 heterocycles. The summed E-state index contributed by atoms with van der Waals surface area (Å²) in [4.78, 5) is 12.1. The molecule has 100 valence electrons. The van der Waals surface area contributed by atoms with E-state index >= 15 is 0 Å². The highest BCUT2D eigenvalue weighted by Crippen LogP contribution is 2.63. The van der Waals surface area contributed by atoms with Gasteiger partial charge in [0.15, 0.2) is 5.78 Å². The number of carbonyl (C=O) groups excluding carboxylic acids is 1. The van der Waals surface area contributed by atoms with Crippen molar-refractivity contribution in [3.05, 3.63) is 35.2 Å². The molecule has 0 amide bonds. The molecular weight excluding hydrogens is 260 g/mol. The van der Waals surface area contributed by atoms with Gasteiger partial charge in [0.1, 0.15) is 11.5 Å². The molecule has 1 fully saturated rings. The third-order valence-corrected chi connectivity index (χ3v) is 5.01. The maximum Gasteiger partial charge on any atom is 0.163 e. The summed E-state index contributed by atoms with van der Waals surface area (Å²) < 4.78 is 10.6. The Hall–Kier alpha value is -1.42. The zero-order valence-corrected chi connectivity index (χ0v) is 11.8. The first kappa shape index (κ1) is 12.6. The topological polar surface area (TPSA) is 35.5 Å². The minimum absolute atomic E-state index is 0.184. The van der Waals surface area contributed by atoms with Gasteiger partial charge < -0.3 is 9.47 Å². The number of methoxy groups -OCH3 is 2. The summed E-state index contributed by atoms with van der Waals surface area (Å²) >= 11 is 1.72. The van der Waals surface area contributed by atoms with Gasteiger partial charge >= 0.3 is 0 Å². The van der Waals surface area contributed by atoms with Gasteiger partial charge in [0, 0.05) is 17.2 Å². The van der Waals surface area contributed by atoms with Crippen molar-refractivity contribution in [3.8, 4) is 11.5 Å². The first-order valence-corrected chi connectivity index (χ1v) is 7.30. The molecule has 3 nitrogen and oxygen atoms in total. The first-order valence-electron chi connectivity index (χ1n) is 6.25. The van der Waals surface area contributed by atoms with Gasteiger partial charge in [-0.25, -0.2) is 0 Å². The lowest BCUT2D eigenvalue weighted by atomic mass is 9.95. The van der Waals surface area contributed by atoms with Crippen molar-refractivity contribution in [1.29, 1.82) is 0 Å². The Morgan fingerprint density at radius 1 is 1.21 bits per heavy atom. The molecule has 1 spiro atoms. The van der Waals surface area contributed by atoms with E-state index in [0.29, 0.717) is 5.92 Å². The number of thioether (sulfide) groups is 1. The van der Waals surface area contributed by atoms with Crippen molar-refractivity contribution in [1.82, 2.24) is 0 Å². The summed E-state index contributed by atoms with van der Waals surface area (Å²) in [6.07, 6.45) is 2.64. The van der Waals surface area contributed by atoms with Crippen LogP contribution >= 0.6 is 11.8 Å². The van der Waals surface area contributed by atoms with Gasteiger partial charge in [-0.15, -0.1) is 11.8 Å². The molecule has 0 aromatic heterocycles. The van der Waals surface area contributed by atoms with Gasteiger partial charge in [0.25, 0.3) is 0 Å². The number of carbonyl (C=O) groups is 1. The van der Waals surface area contributed by atoms with Gasteiger partial charge in [-0.05, 0) is 41.5 Å². The van der Waals surface area contributed by atoms with Crippen molar-refractivity contribution in [3.63, 3.8) is 0 Å². The van der Waals surface area contributed by atoms with Crippen LogP contribution in [-0.2, 0) is 4.79 Å². The van der Waals surface area contributed by atoms with Gasteiger partial charge in [0.2, 0.25) is 0 Å². The minimum atomic E-state index is -0.184. The largest absolute Gasteiger partial charge is 0.497 e. The Kier molecular flexibility index (Phi) is 3.05. The Morgan fingerprint density at radius 3 is 2.47 bits per heavy atom. The summed E-state index contributed by atoms with van der Waals surface area (Å²) in [6, 6.07) is 5.88. The van der Waals surface area contributed by atoms with Crippen molar-refractivity contribution >= 4 is 17.5 Å². The van der Waals surface area contributed by atoms with Crippen LogP contribution in [0.25, 0.3) is 0 Å². The normalized spacial score (nSPS) is 28.5. The fraction of sp³-hybridized carbons (Fsp3) is 0.400. The number of ether oxygens (including phenoxy) is 2. The number of benzene rings is 1. The first-order chi connectivity index (χ1) is 9.19. The Bertz CT molecular complexity index is 530. The standard InChI is InChI=1S/C15H16O3S/c1-17-11-5-10(6-12(7-11)18-2)13-8-15(13)9-19-4-3-14(15)16/h3-7,13H,8-9H2,1-2H3/t13-,15+/m0/s1. The molecule has 4 heteroatoms. The molecule has 0 unspecified atom stereocenters. The van der Waals surface area contributed by atoms with Crippen molar-refractivity contribution < 1.29 is 14.3 Å². The lowest BCUT2D eigenvalue weighted by Crippen LogP contribution is -2.20. The molecular formula is C15H16O3S. The lowest BCUT2D eigenvalue weighted by molar-refractivity contribution is -0.118. The predicted molar refractivity (Wildman–Crippen MR) is 75.9 cm³/mol. The number of ketones is 1. The van der Waals surface area contributed by atoms with Crippen LogP contribution in [0.3, 0.4) is 0 Å². The summed E-state index contributed by atoms with van der Waals surface area (Å²) in [5.74, 6) is 3.00. The fourth-order valence-electron chi connectivity index (χ4n) is 2.75. The second-order valence-electron chi connectivity index (χ2n) is 5.04. The summed E-state index contributed by atoms with van der Waals surface area (Å²) in [6.45, 7) is 0. The van der Waals surface area contributed by atoms with Crippen LogP contribution in [0.2, 0.25) is 0 Å². The highest BCUT2D eigenvalue weighted by molar-refractivity contribution is 8.02. The quantitative estimate of drug-likeness (QED) is 0.850. The molecule has 19 heavy (non-hydrogen) atoms. The third-order valence-electron chi connectivity index (χ3n) is 4.00. The zero-order valence-electron chi connectivity index (χ0n) is 11.0. The Labute approximate surface area is 117 Å². The summed E-state index contributed by atoms with van der Waals surface area (Å²) in [7, 11) is 3.29. The molecule has 1 saturated carbocycles. The number of hydrogen-bond donors (Lipinski definition) is 0. The fourth-order valence-corrected chi connectivity index (χ4v) is 3.82. The monoisotopic (exact) mass is 276 g/mol. The van der Waals surface area contributed by atoms with Crippen LogP contribution in [0, 0.1) is 5.41 Å². The van der Waals surface area contributed by atoms with Crippen molar-refractivity contribution in [2.45, 2.75) is 12.3 Å². The van der Waals surface area contributed by atoms with E-state index < -0.39 is 0 Å². The van der Waals surface area contributed by atoms with Gasteiger partial charge in [-0.2, -0.15) is 0 Å². The maximum atomic E-state index is 12.1. The van der Waals surface area contributed by atoms with E-state index in [1.54, 1.807) is 32.1 Å². The van der Waals surface area contributed by atoms with E-state index in [1.165, 1.54) is 0 Å². The van der Waals surface area contributed by atoms with Gasteiger partial charge in [-0.1, -0.05) is 0 Å². The second-order valence-corrected chi connectivity index (χ2v) is 5.93. The predicted octanol–water partition coefficient (Wildman–Crippen LogP) is 3.01. The molecule has 1 aliphatic carbocycles. The van der Waals surface area contributed by atoms with Crippen LogP contribution in [0.4, 0.5) is 0 Å². The minimum Gasteiger partial charge on any atom is -0.497 e. The van der Waals surface area contributed by atoms with E-state index in [1.807, 2.05) is 23.6 Å². The van der Waals surface area contributed by atoms with Crippen molar-refractivity contribution in [2.75, 3.05) is 20.0 Å². The SMILES string of the molecule is COc1cc(OC)cc([C@@H]2C[C@@]23CSC=CC3=O)c1. The molecule has 0 bridgehead atoms. The summed E-state index contributed by atoms with van der Waals surface area (Å²) in [5, 5.41) is 1.90. The smallest absolute Gasteiger partial charge is 0.163 e. The van der Waals surface area contributed by atoms with E-state index in [0.717, 1.165) is 29.2 Å². The molecule has 2 atom stereocenters. The highest BCUT2D eigenvalue weighted by atomic mass is 32.2. The van der Waals surface area contributed by atoms with Crippen LogP contribution in [0.1, 0.15) is 17.9 Å². The van der Waals surface area contributed by atoms with Gasteiger partial charge in [0.05, 0.1) is 14.2 Å². The molecule has 0 N–H and O–H groups in total. The Morgan fingerprint density at radius 2 is 1.89 bits per heavy atom. The molecule has 0 saturated heterocycles. The zero-order chi connectivity index (χ0) is 13.5. The average molecular weight is 276 g/mol. The molecule has 2 aliphatic rings. The number of hydrogen-bond acceptors (Lipinski definition) is 4. The van der Waals surface area contributed by atoms with E-state index in [2.05, 4.69) is 0 Å². The molecule has 1 aromatic carbocycles. The lowest BCUT2D eigenvalue weighted by Gasteiger charge is -2.17. The van der Waals surface area contributed by atoms with Crippen LogP contribution in [0.5, 0.6) is 11.5 Å².